The summed E-state index contributed by atoms with van der Waals surface area (Å²) in [6, 6.07) is 11.3. The number of likely N-dealkylation sites (tertiary alicyclic amines) is 1. The zero-order chi connectivity index (χ0) is 20.4. The number of para-hydroxylation sites is 1. The molecule has 7 nitrogen and oxygen atoms in total. The highest BCUT2D eigenvalue weighted by Gasteiger charge is 2.33. The Morgan fingerprint density at radius 3 is 2.76 bits per heavy atom. The number of nitrogens with one attached hydrogen (secondary N) is 1. The topological polar surface area (TPSA) is 84.7 Å². The van der Waals surface area contributed by atoms with E-state index in [1.54, 1.807) is 41.3 Å². The fraction of sp³-hybridized carbons (Fsp3) is 0.190. The van der Waals surface area contributed by atoms with Crippen LogP contribution >= 0.6 is 0 Å². The van der Waals surface area contributed by atoms with Crippen molar-refractivity contribution in [2.75, 3.05) is 18.4 Å². The SMILES string of the molecule is Cc1ccc(C(=O)N2CC(Oc3ccccc3F)C2)cc1NC(=O)c1cocn1. The van der Waals surface area contributed by atoms with E-state index >= 15 is 0 Å². The van der Waals surface area contributed by atoms with Crippen molar-refractivity contribution in [1.29, 1.82) is 0 Å². The van der Waals surface area contributed by atoms with Gasteiger partial charge in [0.2, 0.25) is 0 Å². The van der Waals surface area contributed by atoms with Crippen LogP contribution in [0.5, 0.6) is 5.75 Å². The van der Waals surface area contributed by atoms with E-state index in [1.807, 2.05) is 6.92 Å². The molecule has 2 aromatic carbocycles. The Morgan fingerprint density at radius 2 is 2.03 bits per heavy atom. The van der Waals surface area contributed by atoms with E-state index in [4.69, 9.17) is 9.15 Å². The largest absolute Gasteiger partial charge is 0.484 e. The Balaban J connectivity index is 1.39. The molecule has 2 heterocycles. The van der Waals surface area contributed by atoms with Crippen LogP contribution in [0, 0.1) is 12.7 Å². The average molecular weight is 395 g/mol. The van der Waals surface area contributed by atoms with Gasteiger partial charge in [-0.25, -0.2) is 9.37 Å². The second-order valence-electron chi connectivity index (χ2n) is 6.74. The second kappa shape index (κ2) is 7.75. The molecule has 4 rings (SSSR count). The van der Waals surface area contributed by atoms with Crippen molar-refractivity contribution in [3.8, 4) is 5.75 Å². The number of oxazole rings is 1. The molecule has 1 fully saturated rings. The Morgan fingerprint density at radius 1 is 1.24 bits per heavy atom. The van der Waals surface area contributed by atoms with E-state index in [0.717, 1.165) is 5.56 Å². The maximum Gasteiger partial charge on any atom is 0.277 e. The lowest BCUT2D eigenvalue weighted by Crippen LogP contribution is -2.56. The van der Waals surface area contributed by atoms with E-state index in [-0.39, 0.29) is 23.5 Å². The molecule has 1 aromatic heterocycles. The molecular formula is C21H18FN3O4. The minimum Gasteiger partial charge on any atom is -0.484 e. The zero-order valence-corrected chi connectivity index (χ0v) is 15.6. The van der Waals surface area contributed by atoms with Gasteiger partial charge in [0.1, 0.15) is 12.4 Å². The van der Waals surface area contributed by atoms with Crippen molar-refractivity contribution >= 4 is 17.5 Å². The molecular weight excluding hydrogens is 377 g/mol. The minimum atomic E-state index is -0.427. The second-order valence-corrected chi connectivity index (χ2v) is 6.74. The number of nitrogens with zero attached hydrogens (tertiary/aromatic N) is 2. The van der Waals surface area contributed by atoms with Crippen LogP contribution in [0.4, 0.5) is 10.1 Å². The van der Waals surface area contributed by atoms with Gasteiger partial charge in [0.05, 0.1) is 13.1 Å². The number of aromatic nitrogens is 1. The van der Waals surface area contributed by atoms with Gasteiger partial charge in [-0.15, -0.1) is 0 Å². The van der Waals surface area contributed by atoms with E-state index < -0.39 is 11.7 Å². The molecule has 0 bridgehead atoms. The van der Waals surface area contributed by atoms with Crippen LogP contribution in [-0.4, -0.2) is 40.9 Å². The maximum absolute atomic E-state index is 13.7. The summed E-state index contributed by atoms with van der Waals surface area (Å²) in [5.41, 5.74) is 1.92. The van der Waals surface area contributed by atoms with E-state index in [9.17, 15) is 14.0 Å². The number of aryl methyl sites for hydroxylation is 1. The third-order valence-corrected chi connectivity index (χ3v) is 4.66. The highest BCUT2D eigenvalue weighted by atomic mass is 19.1. The van der Waals surface area contributed by atoms with Crippen molar-refractivity contribution in [3.63, 3.8) is 0 Å². The van der Waals surface area contributed by atoms with Crippen LogP contribution in [0.25, 0.3) is 0 Å². The summed E-state index contributed by atoms with van der Waals surface area (Å²) >= 11 is 0. The standard InChI is InChI=1S/C21H18FN3O4/c1-13-6-7-14(8-17(13)24-20(26)18-11-28-12-23-18)21(27)25-9-15(10-25)29-19-5-3-2-4-16(19)22/h2-8,11-12,15H,9-10H2,1H3,(H,24,26). The zero-order valence-electron chi connectivity index (χ0n) is 15.6. The van der Waals surface area contributed by atoms with Gasteiger partial charge in [0.25, 0.3) is 11.8 Å². The molecule has 0 radical (unpaired) electrons. The molecule has 1 aliphatic heterocycles. The smallest absolute Gasteiger partial charge is 0.277 e. The van der Waals surface area contributed by atoms with Gasteiger partial charge < -0.3 is 19.4 Å². The quantitative estimate of drug-likeness (QED) is 0.717. The summed E-state index contributed by atoms with van der Waals surface area (Å²) in [5, 5.41) is 2.73. The summed E-state index contributed by atoms with van der Waals surface area (Å²) in [6.07, 6.45) is 2.16. The first-order valence-corrected chi connectivity index (χ1v) is 9.02. The van der Waals surface area contributed by atoms with Crippen LogP contribution in [0.1, 0.15) is 26.4 Å². The molecule has 0 saturated carbocycles. The van der Waals surface area contributed by atoms with Gasteiger partial charge in [-0.2, -0.15) is 0 Å². The van der Waals surface area contributed by atoms with Crippen LogP contribution in [0.15, 0.2) is 59.5 Å². The van der Waals surface area contributed by atoms with Crippen molar-refractivity contribution in [2.45, 2.75) is 13.0 Å². The fourth-order valence-electron chi connectivity index (χ4n) is 2.98. The third kappa shape index (κ3) is 3.96. The predicted octanol–water partition coefficient (Wildman–Crippen LogP) is 3.28. The molecule has 1 aliphatic rings. The molecule has 0 aliphatic carbocycles. The highest BCUT2D eigenvalue weighted by Crippen LogP contribution is 2.24. The maximum atomic E-state index is 13.7. The molecule has 148 valence electrons. The first kappa shape index (κ1) is 18.7. The average Bonchev–Trinajstić information content (AvgIpc) is 3.22. The lowest BCUT2D eigenvalue weighted by molar-refractivity contribution is 0.0164. The van der Waals surface area contributed by atoms with E-state index in [1.165, 1.54) is 18.7 Å². The lowest BCUT2D eigenvalue weighted by atomic mass is 10.1. The summed E-state index contributed by atoms with van der Waals surface area (Å²) < 4.78 is 24.1. The van der Waals surface area contributed by atoms with Crippen molar-refractivity contribution in [2.24, 2.45) is 0 Å². The fourth-order valence-corrected chi connectivity index (χ4v) is 2.98. The summed E-state index contributed by atoms with van der Waals surface area (Å²) in [5.74, 6) is -0.856. The Bertz CT molecular complexity index is 1050. The van der Waals surface area contributed by atoms with E-state index in [0.29, 0.717) is 24.3 Å². The number of halogens is 1. The molecule has 29 heavy (non-hydrogen) atoms. The van der Waals surface area contributed by atoms with Crippen LogP contribution in [0.2, 0.25) is 0 Å². The number of benzene rings is 2. The molecule has 0 spiro atoms. The highest BCUT2D eigenvalue weighted by molar-refractivity contribution is 6.04. The molecule has 2 amide bonds. The molecule has 1 N–H and O–H groups in total. The number of anilines is 1. The molecule has 1 saturated heterocycles. The minimum absolute atomic E-state index is 0.150. The van der Waals surface area contributed by atoms with Gasteiger partial charge >= 0.3 is 0 Å². The number of ether oxygens (including phenoxy) is 1. The summed E-state index contributed by atoms with van der Waals surface area (Å²) in [6.45, 7) is 2.55. The van der Waals surface area contributed by atoms with E-state index in [2.05, 4.69) is 10.3 Å². The van der Waals surface area contributed by atoms with Crippen molar-refractivity contribution in [3.05, 3.63) is 77.8 Å². The molecule has 8 heteroatoms. The third-order valence-electron chi connectivity index (χ3n) is 4.66. The number of hydrogen-bond acceptors (Lipinski definition) is 5. The number of hydrogen-bond donors (Lipinski definition) is 1. The summed E-state index contributed by atoms with van der Waals surface area (Å²) in [4.78, 5) is 30.3. The van der Waals surface area contributed by atoms with Gasteiger partial charge in [-0.05, 0) is 36.8 Å². The molecule has 0 atom stereocenters. The normalized spacial score (nSPS) is 13.7. The first-order chi connectivity index (χ1) is 14.0. The van der Waals surface area contributed by atoms with Gasteiger partial charge in [0, 0.05) is 11.3 Å². The number of amides is 2. The van der Waals surface area contributed by atoms with Crippen molar-refractivity contribution in [1.82, 2.24) is 9.88 Å². The molecule has 0 unspecified atom stereocenters. The van der Waals surface area contributed by atoms with Crippen LogP contribution in [-0.2, 0) is 0 Å². The number of carbonyl (C=O) groups is 2. The Kier molecular flexibility index (Phi) is 4.99. The van der Waals surface area contributed by atoms with Crippen LogP contribution < -0.4 is 10.1 Å². The number of carbonyl (C=O) groups excluding carboxylic acids is 2. The lowest BCUT2D eigenvalue weighted by Gasteiger charge is -2.39. The van der Waals surface area contributed by atoms with Gasteiger partial charge in [-0.3, -0.25) is 9.59 Å². The van der Waals surface area contributed by atoms with Gasteiger partial charge in [0.15, 0.2) is 23.7 Å². The predicted molar refractivity (Wildman–Crippen MR) is 102 cm³/mol. The first-order valence-electron chi connectivity index (χ1n) is 9.02. The van der Waals surface area contributed by atoms with Gasteiger partial charge in [-0.1, -0.05) is 18.2 Å². The molecule has 3 aromatic rings. The number of rotatable bonds is 5. The Labute approximate surface area is 166 Å². The monoisotopic (exact) mass is 395 g/mol. The Hall–Kier alpha value is -3.68. The summed E-state index contributed by atoms with van der Waals surface area (Å²) in [7, 11) is 0. The van der Waals surface area contributed by atoms with Crippen molar-refractivity contribution < 1.29 is 23.1 Å². The van der Waals surface area contributed by atoms with Crippen LogP contribution in [0.3, 0.4) is 0 Å².